The molecule has 1 fully saturated rings. The fourth-order valence-corrected chi connectivity index (χ4v) is 5.36. The number of alkyl halides is 2. The molecule has 0 saturated carbocycles. The highest BCUT2D eigenvalue weighted by atomic mass is 32.1. The van der Waals surface area contributed by atoms with E-state index in [0.717, 1.165) is 37.9 Å². The maximum absolute atomic E-state index is 13.9. The van der Waals surface area contributed by atoms with Crippen LogP contribution in [0.25, 0.3) is 11.1 Å². The van der Waals surface area contributed by atoms with Crippen LogP contribution in [0.4, 0.5) is 14.5 Å². The Labute approximate surface area is 218 Å². The number of para-hydroxylation sites is 1. The van der Waals surface area contributed by atoms with E-state index in [-0.39, 0.29) is 17.4 Å². The van der Waals surface area contributed by atoms with Gasteiger partial charge in [-0.1, -0.05) is 36.4 Å². The van der Waals surface area contributed by atoms with E-state index >= 15 is 0 Å². The SMILES string of the molecule is COCNC(=S)N1CCC(c2nc(C(=O)Nc3ccccc3-c3cccc(C(C)(F)F)c3)cs2)CC1. The summed E-state index contributed by atoms with van der Waals surface area (Å²) in [6.07, 6.45) is 1.79. The van der Waals surface area contributed by atoms with Gasteiger partial charge in [-0.2, -0.15) is 0 Å². The summed E-state index contributed by atoms with van der Waals surface area (Å²) < 4.78 is 32.7. The predicted octanol–water partition coefficient (Wildman–Crippen LogP) is 5.83. The highest BCUT2D eigenvalue weighted by molar-refractivity contribution is 7.80. The van der Waals surface area contributed by atoms with E-state index in [1.54, 1.807) is 42.8 Å². The van der Waals surface area contributed by atoms with Gasteiger partial charge in [0.25, 0.3) is 11.8 Å². The number of nitrogens with zero attached hydrogens (tertiary/aromatic N) is 2. The summed E-state index contributed by atoms with van der Waals surface area (Å²) in [5.74, 6) is -3.01. The molecule has 3 aromatic rings. The second kappa shape index (κ2) is 11.4. The summed E-state index contributed by atoms with van der Waals surface area (Å²) in [5, 5.41) is 9.35. The monoisotopic (exact) mass is 530 g/mol. The number of hydrogen-bond acceptors (Lipinski definition) is 5. The van der Waals surface area contributed by atoms with Crippen LogP contribution < -0.4 is 10.6 Å². The van der Waals surface area contributed by atoms with Crippen molar-refractivity contribution in [3.05, 3.63) is 70.2 Å². The highest BCUT2D eigenvalue weighted by Gasteiger charge is 2.26. The van der Waals surface area contributed by atoms with Gasteiger partial charge in [0.2, 0.25) is 0 Å². The lowest BCUT2D eigenvalue weighted by Crippen LogP contribution is -2.44. The Balaban J connectivity index is 1.43. The molecule has 0 aliphatic carbocycles. The topological polar surface area (TPSA) is 66.5 Å². The van der Waals surface area contributed by atoms with Crippen LogP contribution in [0.1, 0.15) is 46.7 Å². The number of rotatable bonds is 7. The van der Waals surface area contributed by atoms with Crippen LogP contribution in [0, 0.1) is 0 Å². The number of nitrogens with one attached hydrogen (secondary N) is 2. The lowest BCUT2D eigenvalue weighted by atomic mass is 9.98. The summed E-state index contributed by atoms with van der Waals surface area (Å²) in [5.41, 5.74) is 2.08. The van der Waals surface area contributed by atoms with Gasteiger partial charge >= 0.3 is 0 Å². The van der Waals surface area contributed by atoms with Gasteiger partial charge in [-0.3, -0.25) is 4.79 Å². The average molecular weight is 531 g/mol. The van der Waals surface area contributed by atoms with Crippen LogP contribution >= 0.6 is 23.6 Å². The largest absolute Gasteiger partial charge is 0.365 e. The summed E-state index contributed by atoms with van der Waals surface area (Å²) in [4.78, 5) is 19.8. The Kier molecular flexibility index (Phi) is 8.28. The molecule has 0 bridgehead atoms. The predicted molar refractivity (Wildman–Crippen MR) is 143 cm³/mol. The molecule has 36 heavy (non-hydrogen) atoms. The van der Waals surface area contributed by atoms with Gasteiger partial charge < -0.3 is 20.3 Å². The number of hydrogen-bond donors (Lipinski definition) is 2. The second-order valence-corrected chi connectivity index (χ2v) is 9.99. The van der Waals surface area contributed by atoms with Gasteiger partial charge in [-0.15, -0.1) is 11.3 Å². The van der Waals surface area contributed by atoms with Crippen LogP contribution in [0.3, 0.4) is 0 Å². The Morgan fingerprint density at radius 1 is 1.22 bits per heavy atom. The molecule has 6 nitrogen and oxygen atoms in total. The third kappa shape index (κ3) is 6.24. The summed E-state index contributed by atoms with van der Waals surface area (Å²) >= 11 is 6.88. The average Bonchev–Trinajstić information content (AvgIpc) is 3.38. The lowest BCUT2D eigenvalue weighted by Gasteiger charge is -2.33. The molecule has 4 rings (SSSR count). The van der Waals surface area contributed by atoms with E-state index in [9.17, 15) is 13.6 Å². The van der Waals surface area contributed by atoms with Gasteiger partial charge in [-0.05, 0) is 42.8 Å². The Bertz CT molecular complexity index is 1220. The number of amides is 1. The number of benzene rings is 2. The number of halogens is 2. The fourth-order valence-electron chi connectivity index (χ4n) is 4.14. The zero-order valence-corrected chi connectivity index (χ0v) is 21.7. The fraction of sp³-hybridized carbons (Fsp3) is 0.346. The van der Waals surface area contributed by atoms with Crippen molar-refractivity contribution in [2.24, 2.45) is 0 Å². The molecule has 10 heteroatoms. The number of carbonyl (C=O) groups excluding carboxylic acids is 1. The van der Waals surface area contributed by atoms with E-state index in [0.29, 0.717) is 34.4 Å². The smallest absolute Gasteiger partial charge is 0.275 e. The van der Waals surface area contributed by atoms with E-state index in [2.05, 4.69) is 20.5 Å². The lowest BCUT2D eigenvalue weighted by molar-refractivity contribution is 0.0175. The second-order valence-electron chi connectivity index (χ2n) is 8.72. The number of ether oxygens (including phenoxy) is 1. The molecule has 2 N–H and O–H groups in total. The molecule has 0 unspecified atom stereocenters. The van der Waals surface area contributed by atoms with Crippen molar-refractivity contribution in [1.29, 1.82) is 0 Å². The molecule has 1 saturated heterocycles. The molecule has 1 aliphatic rings. The van der Waals surface area contributed by atoms with Crippen molar-refractivity contribution < 1.29 is 18.3 Å². The molecule has 190 valence electrons. The molecule has 0 radical (unpaired) electrons. The van der Waals surface area contributed by atoms with Crippen LogP contribution in [0.2, 0.25) is 0 Å². The standard InChI is InChI=1S/C26H28F2N4O2S2/c1-26(27,28)19-7-5-6-18(14-19)20-8-3-4-9-21(20)30-23(33)22-15-36-24(31-22)17-10-12-32(13-11-17)25(35)29-16-34-2/h3-9,14-15,17H,10-13,16H2,1-2H3,(H,29,35)(H,30,33). The van der Waals surface area contributed by atoms with Crippen molar-refractivity contribution >= 4 is 40.3 Å². The van der Waals surface area contributed by atoms with Crippen molar-refractivity contribution in [2.75, 3.05) is 32.2 Å². The molecule has 1 amide bonds. The first kappa shape index (κ1) is 26.1. The molecule has 1 aliphatic heterocycles. The Hall–Kier alpha value is -2.95. The molecule has 0 spiro atoms. The van der Waals surface area contributed by atoms with Crippen molar-refractivity contribution in [1.82, 2.24) is 15.2 Å². The van der Waals surface area contributed by atoms with Crippen LogP contribution in [0.15, 0.2) is 53.9 Å². The summed E-state index contributed by atoms with van der Waals surface area (Å²) in [7, 11) is 1.61. The number of thiazole rings is 1. The Morgan fingerprint density at radius 3 is 2.69 bits per heavy atom. The van der Waals surface area contributed by atoms with Crippen LogP contribution in [-0.4, -0.2) is 47.8 Å². The molecular formula is C26H28F2N4O2S2. The van der Waals surface area contributed by atoms with Crippen molar-refractivity contribution in [2.45, 2.75) is 31.6 Å². The van der Waals surface area contributed by atoms with E-state index in [1.165, 1.54) is 23.5 Å². The molecule has 2 heterocycles. The number of thiocarbonyl (C=S) groups is 1. The number of piperidine rings is 1. The van der Waals surface area contributed by atoms with E-state index < -0.39 is 5.92 Å². The molecule has 1 aromatic heterocycles. The molecular weight excluding hydrogens is 502 g/mol. The van der Waals surface area contributed by atoms with E-state index in [1.807, 2.05) is 6.07 Å². The maximum Gasteiger partial charge on any atom is 0.275 e. The molecule has 0 atom stereocenters. The zero-order chi connectivity index (χ0) is 25.7. The Morgan fingerprint density at radius 2 is 1.97 bits per heavy atom. The number of likely N-dealkylation sites (tertiary alicyclic amines) is 1. The van der Waals surface area contributed by atoms with E-state index in [4.69, 9.17) is 17.0 Å². The zero-order valence-electron chi connectivity index (χ0n) is 20.1. The number of carbonyl (C=O) groups is 1. The number of methoxy groups -OCH3 is 1. The number of anilines is 1. The van der Waals surface area contributed by atoms with Gasteiger partial charge in [0.15, 0.2) is 5.11 Å². The third-order valence-electron chi connectivity index (χ3n) is 6.11. The van der Waals surface area contributed by atoms with Crippen LogP contribution in [0.5, 0.6) is 0 Å². The summed E-state index contributed by atoms with van der Waals surface area (Å²) in [6, 6.07) is 13.4. The first-order chi connectivity index (χ1) is 17.3. The normalized spacial score (nSPS) is 14.5. The van der Waals surface area contributed by atoms with Crippen molar-refractivity contribution in [3.8, 4) is 11.1 Å². The highest BCUT2D eigenvalue weighted by Crippen LogP contribution is 2.34. The quantitative estimate of drug-likeness (QED) is 0.296. The minimum absolute atomic E-state index is 0.0773. The van der Waals surface area contributed by atoms with Gasteiger partial charge in [0, 0.05) is 55.2 Å². The third-order valence-corrected chi connectivity index (χ3v) is 7.52. The first-order valence-electron chi connectivity index (χ1n) is 11.6. The minimum Gasteiger partial charge on any atom is -0.365 e. The first-order valence-corrected chi connectivity index (χ1v) is 12.9. The van der Waals surface area contributed by atoms with Crippen LogP contribution in [-0.2, 0) is 10.7 Å². The van der Waals surface area contributed by atoms with Gasteiger partial charge in [0.05, 0.1) is 5.01 Å². The van der Waals surface area contributed by atoms with Gasteiger partial charge in [0.1, 0.15) is 12.4 Å². The minimum atomic E-state index is -2.95. The number of aromatic nitrogens is 1. The molecule has 2 aromatic carbocycles. The van der Waals surface area contributed by atoms with Crippen molar-refractivity contribution in [3.63, 3.8) is 0 Å². The summed E-state index contributed by atoms with van der Waals surface area (Å²) in [6.45, 7) is 2.87. The van der Waals surface area contributed by atoms with Gasteiger partial charge in [-0.25, -0.2) is 13.8 Å². The maximum atomic E-state index is 13.9.